The second-order valence-corrected chi connectivity index (χ2v) is 6.08. The number of unbranched alkanes of at least 4 members (excludes halogenated alkanes) is 4. The molecule has 0 rings (SSSR count). The summed E-state index contributed by atoms with van der Waals surface area (Å²) in [6.07, 6.45) is 18.6. The van der Waals surface area contributed by atoms with Crippen molar-refractivity contribution in [3.05, 3.63) is 12.2 Å². The molecular weight excluding hydrogens is 216 g/mol. The Morgan fingerprint density at radius 3 is 2.17 bits per heavy atom. The molecule has 0 nitrogen and oxygen atoms in total. The summed E-state index contributed by atoms with van der Waals surface area (Å²) in [4.78, 5) is 0. The first-order valence-corrected chi connectivity index (χ1v) is 8.37. The lowest BCUT2D eigenvalue weighted by molar-refractivity contribution is 0.474. The highest BCUT2D eigenvalue weighted by Gasteiger charge is 2.00. The molecule has 0 N–H and O–H groups in total. The van der Waals surface area contributed by atoms with E-state index in [1.54, 1.807) is 0 Å². The second kappa shape index (κ2) is 13.2. The Balaban J connectivity index is 3.44. The van der Waals surface area contributed by atoms with E-state index in [0.717, 1.165) is 11.8 Å². The number of allylic oxidation sites excluding steroid dienone is 2. The molecule has 0 aliphatic carbocycles. The van der Waals surface area contributed by atoms with Gasteiger partial charge in [-0.1, -0.05) is 84.8 Å². The molecule has 0 aromatic rings. The van der Waals surface area contributed by atoms with Crippen LogP contribution < -0.4 is 0 Å². The van der Waals surface area contributed by atoms with Gasteiger partial charge in [0, 0.05) is 0 Å². The molecular formula is C18H36. The molecule has 0 aliphatic rings. The first kappa shape index (κ1) is 17.7. The fourth-order valence-corrected chi connectivity index (χ4v) is 2.40. The lowest BCUT2D eigenvalue weighted by Gasteiger charge is -2.09. The Labute approximate surface area is 116 Å². The van der Waals surface area contributed by atoms with E-state index in [1.807, 2.05) is 0 Å². The van der Waals surface area contributed by atoms with Gasteiger partial charge in [0.1, 0.15) is 0 Å². The first-order valence-electron chi connectivity index (χ1n) is 8.37. The SMILES string of the molecule is CCCCCCC(C)/C=C/CCC(C)CCCC. The zero-order valence-electron chi connectivity index (χ0n) is 13.4. The van der Waals surface area contributed by atoms with Gasteiger partial charge in [-0.25, -0.2) is 0 Å². The summed E-state index contributed by atoms with van der Waals surface area (Å²) < 4.78 is 0. The van der Waals surface area contributed by atoms with E-state index in [4.69, 9.17) is 0 Å². The van der Waals surface area contributed by atoms with Crippen LogP contribution in [0.3, 0.4) is 0 Å². The fraction of sp³-hybridized carbons (Fsp3) is 0.889. The van der Waals surface area contributed by atoms with Crippen LogP contribution in [0.5, 0.6) is 0 Å². The van der Waals surface area contributed by atoms with Crippen molar-refractivity contribution in [1.82, 2.24) is 0 Å². The Morgan fingerprint density at radius 2 is 1.50 bits per heavy atom. The molecule has 0 aromatic heterocycles. The minimum atomic E-state index is 0.785. The van der Waals surface area contributed by atoms with Crippen molar-refractivity contribution in [2.24, 2.45) is 11.8 Å². The lowest BCUT2D eigenvalue weighted by atomic mass is 9.97. The Kier molecular flexibility index (Phi) is 13.0. The molecule has 2 atom stereocenters. The standard InChI is InChI=1S/C18H36/c1-5-7-9-10-14-18(4)16-12-11-15-17(3)13-8-6-2/h12,16-18H,5-11,13-15H2,1-4H3/b16-12+. The smallest absolute Gasteiger partial charge is 0.0262 e. The Hall–Kier alpha value is -0.260. The summed E-state index contributed by atoms with van der Waals surface area (Å²) in [5, 5.41) is 0. The molecule has 0 heterocycles. The van der Waals surface area contributed by atoms with Crippen molar-refractivity contribution >= 4 is 0 Å². The summed E-state index contributed by atoms with van der Waals surface area (Å²) >= 11 is 0. The molecule has 0 fully saturated rings. The molecule has 0 aliphatic heterocycles. The summed E-state index contributed by atoms with van der Waals surface area (Å²) in [6, 6.07) is 0. The largest absolute Gasteiger partial charge is 0.0883 e. The average Bonchev–Trinajstić information content (AvgIpc) is 2.37. The van der Waals surface area contributed by atoms with Crippen LogP contribution in [0.4, 0.5) is 0 Å². The van der Waals surface area contributed by atoms with Gasteiger partial charge < -0.3 is 0 Å². The second-order valence-electron chi connectivity index (χ2n) is 6.08. The van der Waals surface area contributed by atoms with E-state index < -0.39 is 0 Å². The van der Waals surface area contributed by atoms with E-state index in [9.17, 15) is 0 Å². The van der Waals surface area contributed by atoms with Gasteiger partial charge in [0.05, 0.1) is 0 Å². The van der Waals surface area contributed by atoms with Gasteiger partial charge >= 0.3 is 0 Å². The first-order chi connectivity index (χ1) is 8.70. The van der Waals surface area contributed by atoms with Crippen molar-refractivity contribution in [3.63, 3.8) is 0 Å². The van der Waals surface area contributed by atoms with Crippen LogP contribution in [0.1, 0.15) is 91.9 Å². The van der Waals surface area contributed by atoms with Crippen molar-refractivity contribution < 1.29 is 0 Å². The van der Waals surface area contributed by atoms with Gasteiger partial charge in [-0.15, -0.1) is 0 Å². The van der Waals surface area contributed by atoms with Crippen LogP contribution in [-0.2, 0) is 0 Å². The van der Waals surface area contributed by atoms with E-state index in [0.29, 0.717) is 0 Å². The molecule has 0 spiro atoms. The van der Waals surface area contributed by atoms with Gasteiger partial charge in [-0.3, -0.25) is 0 Å². The molecule has 0 radical (unpaired) electrons. The third-order valence-electron chi connectivity index (χ3n) is 3.85. The molecule has 0 saturated carbocycles. The quantitative estimate of drug-likeness (QED) is 0.266. The van der Waals surface area contributed by atoms with Crippen LogP contribution in [-0.4, -0.2) is 0 Å². The molecule has 0 bridgehead atoms. The highest BCUT2D eigenvalue weighted by molar-refractivity contribution is 4.86. The van der Waals surface area contributed by atoms with E-state index >= 15 is 0 Å². The predicted octanol–water partition coefficient (Wildman–Crippen LogP) is 6.76. The highest BCUT2D eigenvalue weighted by Crippen LogP contribution is 2.16. The third-order valence-corrected chi connectivity index (χ3v) is 3.85. The molecule has 0 amide bonds. The maximum Gasteiger partial charge on any atom is -0.0262 e. The predicted molar refractivity (Wildman–Crippen MR) is 85.0 cm³/mol. The topological polar surface area (TPSA) is 0 Å². The number of rotatable bonds is 12. The van der Waals surface area contributed by atoms with Gasteiger partial charge in [0.2, 0.25) is 0 Å². The van der Waals surface area contributed by atoms with Gasteiger partial charge in [-0.05, 0) is 31.1 Å². The molecule has 0 saturated heterocycles. The lowest BCUT2D eigenvalue weighted by Crippen LogP contribution is -1.94. The fourth-order valence-electron chi connectivity index (χ4n) is 2.40. The van der Waals surface area contributed by atoms with Gasteiger partial charge in [-0.2, -0.15) is 0 Å². The van der Waals surface area contributed by atoms with Crippen molar-refractivity contribution in [3.8, 4) is 0 Å². The van der Waals surface area contributed by atoms with Crippen LogP contribution in [0.2, 0.25) is 0 Å². The highest BCUT2D eigenvalue weighted by atomic mass is 14.1. The third kappa shape index (κ3) is 12.2. The zero-order chi connectivity index (χ0) is 13.6. The van der Waals surface area contributed by atoms with Gasteiger partial charge in [0.15, 0.2) is 0 Å². The van der Waals surface area contributed by atoms with E-state index in [-0.39, 0.29) is 0 Å². The van der Waals surface area contributed by atoms with Crippen molar-refractivity contribution in [2.75, 3.05) is 0 Å². The monoisotopic (exact) mass is 252 g/mol. The van der Waals surface area contributed by atoms with Crippen molar-refractivity contribution in [2.45, 2.75) is 91.9 Å². The summed E-state index contributed by atoms with van der Waals surface area (Å²) in [7, 11) is 0. The molecule has 108 valence electrons. The van der Waals surface area contributed by atoms with Crippen LogP contribution in [0.15, 0.2) is 12.2 Å². The van der Waals surface area contributed by atoms with Crippen LogP contribution >= 0.6 is 0 Å². The maximum absolute atomic E-state index is 2.44. The summed E-state index contributed by atoms with van der Waals surface area (Å²) in [5.41, 5.74) is 0. The Bertz CT molecular complexity index is 180. The van der Waals surface area contributed by atoms with Crippen molar-refractivity contribution in [1.29, 1.82) is 0 Å². The minimum absolute atomic E-state index is 0.785. The Morgan fingerprint density at radius 1 is 0.778 bits per heavy atom. The summed E-state index contributed by atoms with van der Waals surface area (Å²) in [6.45, 7) is 9.33. The molecule has 18 heavy (non-hydrogen) atoms. The molecule has 0 heteroatoms. The van der Waals surface area contributed by atoms with E-state index in [2.05, 4.69) is 39.8 Å². The van der Waals surface area contributed by atoms with E-state index in [1.165, 1.54) is 64.2 Å². The molecule has 0 aromatic carbocycles. The average molecular weight is 252 g/mol. The van der Waals surface area contributed by atoms with Crippen LogP contribution in [0.25, 0.3) is 0 Å². The number of hydrogen-bond acceptors (Lipinski definition) is 0. The normalized spacial score (nSPS) is 15.1. The number of hydrogen-bond donors (Lipinski definition) is 0. The molecule has 2 unspecified atom stereocenters. The maximum atomic E-state index is 2.44. The summed E-state index contributed by atoms with van der Waals surface area (Å²) in [5.74, 6) is 1.70. The van der Waals surface area contributed by atoms with Crippen LogP contribution in [0, 0.1) is 11.8 Å². The van der Waals surface area contributed by atoms with Gasteiger partial charge in [0.25, 0.3) is 0 Å². The zero-order valence-corrected chi connectivity index (χ0v) is 13.4. The minimum Gasteiger partial charge on any atom is -0.0883 e.